The van der Waals surface area contributed by atoms with Gasteiger partial charge in [-0.05, 0) is 25.6 Å². The Hall–Kier alpha value is -0.583. The molecule has 0 heterocycles. The maximum Gasteiger partial charge on any atom is 0.505 e. The molecule has 0 amide bonds. The molecule has 0 aliphatic carbocycles. The van der Waals surface area contributed by atoms with Gasteiger partial charge in [0.1, 0.15) is 0 Å². The van der Waals surface area contributed by atoms with Gasteiger partial charge in [0.25, 0.3) is 0 Å². The average Bonchev–Trinajstić information content (AvgIpc) is 1.83. The molecule has 0 aromatic rings. The number of rotatable bonds is 5. The highest BCUT2D eigenvalue weighted by atomic mass is 28.4. The van der Waals surface area contributed by atoms with E-state index in [1.165, 1.54) is 0 Å². The van der Waals surface area contributed by atoms with Gasteiger partial charge in [0.05, 0.1) is 6.61 Å². The molecule has 0 aromatic carbocycles. The molecule has 0 fully saturated rings. The first-order chi connectivity index (χ1) is 5.42. The normalized spacial score (nSPS) is 11.2. The summed E-state index contributed by atoms with van der Waals surface area (Å²) in [6.45, 7) is 3.47. The maximum absolute atomic E-state index is 13.0. The largest absolute Gasteiger partial charge is 0.505 e. The van der Waals surface area contributed by atoms with Crippen LogP contribution >= 0.6 is 0 Å². The minimum absolute atomic E-state index is 0.180. The smallest absolute Gasteiger partial charge is 0.450 e. The summed E-state index contributed by atoms with van der Waals surface area (Å²) in [6.07, 6.45) is 0.0714. The van der Waals surface area contributed by atoms with E-state index in [-0.39, 0.29) is 6.61 Å². The summed E-state index contributed by atoms with van der Waals surface area (Å²) in [6, 6.07) is 0.579. The summed E-state index contributed by atoms with van der Waals surface area (Å²) >= 11 is 0. The lowest BCUT2D eigenvalue weighted by molar-refractivity contribution is 0.0904. The van der Waals surface area contributed by atoms with Gasteiger partial charge in [-0.3, -0.25) is 0 Å². The van der Waals surface area contributed by atoms with Gasteiger partial charge in [0.15, 0.2) is 0 Å². The van der Waals surface area contributed by atoms with Crippen LogP contribution in [0, 0.1) is 0 Å². The second-order valence-electron chi connectivity index (χ2n) is 3.29. The Balaban J connectivity index is 3.17. The van der Waals surface area contributed by atoms with Crippen LogP contribution < -0.4 is 0 Å². The van der Waals surface area contributed by atoms with Crippen molar-refractivity contribution in [1.29, 1.82) is 0 Å². The first-order valence-electron chi connectivity index (χ1n) is 3.96. The zero-order chi connectivity index (χ0) is 9.61. The molecule has 0 unspecified atom stereocenters. The van der Waals surface area contributed by atoms with E-state index in [1.807, 2.05) is 0 Å². The van der Waals surface area contributed by atoms with E-state index < -0.39 is 14.6 Å². The summed E-state index contributed by atoms with van der Waals surface area (Å²) in [5.74, 6) is 0. The lowest BCUT2D eigenvalue weighted by atomic mass is 10.4. The zero-order valence-electron chi connectivity index (χ0n) is 7.47. The topological polar surface area (TPSA) is 46.5 Å². The molecule has 0 radical (unpaired) electrons. The number of hydrogen-bond acceptors (Lipinski definition) is 2. The number of carboxylic acid groups (broad SMARTS) is 1. The molecule has 72 valence electrons. The summed E-state index contributed by atoms with van der Waals surface area (Å²) in [7, 11) is -2.44. The highest BCUT2D eigenvalue weighted by Crippen LogP contribution is 2.14. The van der Waals surface area contributed by atoms with Crippen molar-refractivity contribution in [1.82, 2.24) is 0 Å². The van der Waals surface area contributed by atoms with Crippen molar-refractivity contribution in [3.05, 3.63) is 0 Å². The van der Waals surface area contributed by atoms with E-state index in [2.05, 4.69) is 4.74 Å². The van der Waals surface area contributed by atoms with E-state index in [0.717, 1.165) is 0 Å². The average molecular weight is 194 g/mol. The zero-order valence-corrected chi connectivity index (χ0v) is 8.47. The molecule has 0 aliphatic rings. The predicted octanol–water partition coefficient (Wildman–Crippen LogP) is 2.64. The van der Waals surface area contributed by atoms with Crippen molar-refractivity contribution < 1.29 is 18.7 Å². The third-order valence-electron chi connectivity index (χ3n) is 1.39. The number of unbranched alkanes of at least 4 members (excludes halogenated alkanes) is 1. The summed E-state index contributed by atoms with van der Waals surface area (Å²) in [5.41, 5.74) is 0. The Morgan fingerprint density at radius 3 is 2.50 bits per heavy atom. The fraction of sp³-hybridized carbons (Fsp3) is 0.857. The molecule has 0 saturated carbocycles. The van der Waals surface area contributed by atoms with Crippen molar-refractivity contribution in [3.8, 4) is 0 Å². The summed E-state index contributed by atoms with van der Waals surface area (Å²) in [5, 5.41) is 8.09. The second kappa shape index (κ2) is 5.13. The molecule has 0 spiro atoms. The van der Waals surface area contributed by atoms with Crippen molar-refractivity contribution in [2.75, 3.05) is 6.61 Å². The lowest BCUT2D eigenvalue weighted by Gasteiger charge is -2.09. The van der Waals surface area contributed by atoms with Crippen molar-refractivity contribution in [2.45, 2.75) is 32.0 Å². The van der Waals surface area contributed by atoms with Gasteiger partial charge in [0, 0.05) is 0 Å². The lowest BCUT2D eigenvalue weighted by Crippen LogP contribution is -2.17. The summed E-state index contributed by atoms with van der Waals surface area (Å²) in [4.78, 5) is 9.87. The van der Waals surface area contributed by atoms with E-state index in [0.29, 0.717) is 18.9 Å². The molecule has 12 heavy (non-hydrogen) atoms. The number of halogens is 1. The monoisotopic (exact) mass is 194 g/mol. The molecule has 1 N–H and O–H groups in total. The molecule has 0 rings (SSSR count). The Bertz CT molecular complexity index is 144. The standard InChI is InChI=1S/C7H15FO3Si/c1-12(2,8)6-4-3-5-11-7(9)10/h3-6H2,1-2H3,(H,9,10). The van der Waals surface area contributed by atoms with Gasteiger partial charge in [-0.1, -0.05) is 6.42 Å². The fourth-order valence-electron chi connectivity index (χ4n) is 0.807. The second-order valence-corrected chi connectivity index (χ2v) is 7.23. The Labute approximate surface area is 72.7 Å². The van der Waals surface area contributed by atoms with Crippen molar-refractivity contribution in [2.24, 2.45) is 0 Å². The van der Waals surface area contributed by atoms with Crippen LogP contribution in [-0.4, -0.2) is 26.3 Å². The molecule has 0 saturated heterocycles. The fourth-order valence-corrected chi connectivity index (χ4v) is 1.90. The van der Waals surface area contributed by atoms with Crippen LogP contribution in [0.5, 0.6) is 0 Å². The molecular formula is C7H15FO3Si. The third kappa shape index (κ3) is 9.42. The SMILES string of the molecule is C[Si](C)(F)CCCCOC(=O)O. The van der Waals surface area contributed by atoms with Crippen LogP contribution in [0.15, 0.2) is 0 Å². The quantitative estimate of drug-likeness (QED) is 0.317. The highest BCUT2D eigenvalue weighted by molar-refractivity contribution is 6.70. The van der Waals surface area contributed by atoms with E-state index in [9.17, 15) is 8.90 Å². The maximum atomic E-state index is 13.0. The molecule has 0 atom stereocenters. The minimum Gasteiger partial charge on any atom is -0.450 e. The Morgan fingerprint density at radius 1 is 1.50 bits per heavy atom. The van der Waals surface area contributed by atoms with Gasteiger partial charge in [-0.15, -0.1) is 0 Å². The van der Waals surface area contributed by atoms with E-state index in [1.54, 1.807) is 13.1 Å². The third-order valence-corrected chi connectivity index (χ3v) is 2.93. The molecule has 5 heteroatoms. The van der Waals surface area contributed by atoms with E-state index in [4.69, 9.17) is 5.11 Å². The molecule has 0 aliphatic heterocycles. The minimum atomic E-state index is -2.44. The van der Waals surface area contributed by atoms with Crippen LogP contribution in [0.25, 0.3) is 0 Å². The number of hydrogen-bond donors (Lipinski definition) is 1. The van der Waals surface area contributed by atoms with Gasteiger partial charge in [-0.2, -0.15) is 0 Å². The Kier molecular flexibility index (Phi) is 4.88. The summed E-state index contributed by atoms with van der Waals surface area (Å²) < 4.78 is 17.2. The van der Waals surface area contributed by atoms with Crippen LogP contribution in [0.3, 0.4) is 0 Å². The van der Waals surface area contributed by atoms with Gasteiger partial charge < -0.3 is 14.0 Å². The van der Waals surface area contributed by atoms with Gasteiger partial charge >= 0.3 is 6.16 Å². The molecule has 0 bridgehead atoms. The highest BCUT2D eigenvalue weighted by Gasteiger charge is 2.18. The van der Waals surface area contributed by atoms with Crippen molar-refractivity contribution in [3.63, 3.8) is 0 Å². The molecule has 0 aromatic heterocycles. The molecule has 3 nitrogen and oxygen atoms in total. The predicted molar refractivity (Wildman–Crippen MR) is 46.6 cm³/mol. The number of carbonyl (C=O) groups is 1. The van der Waals surface area contributed by atoms with Crippen LogP contribution in [-0.2, 0) is 4.74 Å². The van der Waals surface area contributed by atoms with Crippen LogP contribution in [0.1, 0.15) is 12.8 Å². The van der Waals surface area contributed by atoms with Crippen molar-refractivity contribution >= 4 is 14.6 Å². The Morgan fingerprint density at radius 2 is 2.08 bits per heavy atom. The first kappa shape index (κ1) is 11.4. The van der Waals surface area contributed by atoms with Gasteiger partial charge in [-0.25, -0.2) is 4.79 Å². The van der Waals surface area contributed by atoms with Gasteiger partial charge in [0.2, 0.25) is 8.41 Å². The number of ether oxygens (including phenoxy) is 1. The van der Waals surface area contributed by atoms with Crippen LogP contribution in [0.2, 0.25) is 19.1 Å². The van der Waals surface area contributed by atoms with E-state index >= 15 is 0 Å². The molecular weight excluding hydrogens is 179 g/mol. The first-order valence-corrected chi connectivity index (χ1v) is 7.05. The van der Waals surface area contributed by atoms with Crippen LogP contribution in [0.4, 0.5) is 8.90 Å².